The molecule has 1 saturated heterocycles. The minimum atomic E-state index is -3.68. The van der Waals surface area contributed by atoms with E-state index < -0.39 is 15.8 Å². The molecule has 10 heteroatoms. The fourth-order valence-corrected chi connectivity index (χ4v) is 4.70. The SMILES string of the molecule is O=C(CCCCc1cn[nH]n1)N1CCCN(S(=O)(=O)c2ccc(F)cc2)CC1. The Hall–Kier alpha value is -2.33. The highest BCUT2D eigenvalue weighted by atomic mass is 32.2. The van der Waals surface area contributed by atoms with Crippen molar-refractivity contribution in [2.45, 2.75) is 37.0 Å². The molecule has 1 aliphatic rings. The van der Waals surface area contributed by atoms with Crippen molar-refractivity contribution < 1.29 is 17.6 Å². The van der Waals surface area contributed by atoms with E-state index in [0.717, 1.165) is 37.1 Å². The number of nitrogens with zero attached hydrogens (tertiary/aromatic N) is 4. The zero-order valence-electron chi connectivity index (χ0n) is 15.6. The summed E-state index contributed by atoms with van der Waals surface area (Å²) < 4.78 is 39.9. The minimum absolute atomic E-state index is 0.0428. The van der Waals surface area contributed by atoms with Crippen LogP contribution in [-0.2, 0) is 21.2 Å². The third kappa shape index (κ3) is 5.14. The number of aromatic amines is 1. The third-order valence-corrected chi connectivity index (χ3v) is 6.71. The zero-order chi connectivity index (χ0) is 20.0. The average Bonchev–Trinajstić information content (AvgIpc) is 3.06. The number of benzene rings is 1. The van der Waals surface area contributed by atoms with Gasteiger partial charge in [0.25, 0.3) is 0 Å². The minimum Gasteiger partial charge on any atom is -0.341 e. The lowest BCUT2D eigenvalue weighted by Gasteiger charge is -2.22. The van der Waals surface area contributed by atoms with Crippen LogP contribution in [-0.4, -0.2) is 65.1 Å². The van der Waals surface area contributed by atoms with Gasteiger partial charge in [0.2, 0.25) is 15.9 Å². The highest BCUT2D eigenvalue weighted by molar-refractivity contribution is 7.89. The van der Waals surface area contributed by atoms with E-state index in [9.17, 15) is 17.6 Å². The number of amides is 1. The number of H-pyrrole nitrogens is 1. The maximum absolute atomic E-state index is 13.1. The number of rotatable bonds is 7. The lowest BCUT2D eigenvalue weighted by molar-refractivity contribution is -0.131. The van der Waals surface area contributed by atoms with Crippen LogP contribution in [0.3, 0.4) is 0 Å². The molecule has 0 aliphatic carbocycles. The van der Waals surface area contributed by atoms with Gasteiger partial charge in [-0.1, -0.05) is 0 Å². The number of carbonyl (C=O) groups is 1. The number of hydrogen-bond acceptors (Lipinski definition) is 5. The normalized spacial score (nSPS) is 16.1. The quantitative estimate of drug-likeness (QED) is 0.700. The van der Waals surface area contributed by atoms with Gasteiger partial charge >= 0.3 is 0 Å². The van der Waals surface area contributed by atoms with Gasteiger partial charge in [0.15, 0.2) is 0 Å². The van der Waals surface area contributed by atoms with E-state index in [4.69, 9.17) is 0 Å². The van der Waals surface area contributed by atoms with Gasteiger partial charge in [-0.3, -0.25) is 4.79 Å². The first-order valence-corrected chi connectivity index (χ1v) is 10.8. The largest absolute Gasteiger partial charge is 0.341 e. The van der Waals surface area contributed by atoms with Crippen LogP contribution in [0.4, 0.5) is 4.39 Å². The van der Waals surface area contributed by atoms with Crippen molar-refractivity contribution in [3.8, 4) is 0 Å². The molecule has 1 N–H and O–H groups in total. The molecule has 1 amide bonds. The lowest BCUT2D eigenvalue weighted by Crippen LogP contribution is -2.37. The third-order valence-electron chi connectivity index (χ3n) is 4.80. The topological polar surface area (TPSA) is 99.3 Å². The molecule has 1 fully saturated rings. The molecule has 0 radical (unpaired) electrons. The van der Waals surface area contributed by atoms with Crippen molar-refractivity contribution in [1.82, 2.24) is 24.6 Å². The van der Waals surface area contributed by atoms with Crippen LogP contribution in [0.15, 0.2) is 35.4 Å². The second kappa shape index (κ2) is 9.24. The van der Waals surface area contributed by atoms with Crippen molar-refractivity contribution in [1.29, 1.82) is 0 Å². The van der Waals surface area contributed by atoms with Gasteiger partial charge in [0, 0.05) is 32.6 Å². The van der Waals surface area contributed by atoms with Gasteiger partial charge in [0.05, 0.1) is 16.8 Å². The standard InChI is InChI=1S/C18H24FN5O3S/c19-15-6-8-17(9-7-15)28(26,27)24-11-3-10-23(12-13-24)18(25)5-2-1-4-16-14-20-22-21-16/h6-9,14H,1-5,10-13H2,(H,20,21,22). The van der Waals surface area contributed by atoms with E-state index in [1.807, 2.05) is 0 Å². The van der Waals surface area contributed by atoms with E-state index in [1.54, 1.807) is 11.1 Å². The average molecular weight is 409 g/mol. The number of aryl methyl sites for hydroxylation is 1. The molecule has 0 unspecified atom stereocenters. The Morgan fingerprint density at radius 2 is 1.89 bits per heavy atom. The second-order valence-corrected chi connectivity index (χ2v) is 8.70. The Labute approximate surface area is 163 Å². The van der Waals surface area contributed by atoms with Crippen LogP contribution in [0.2, 0.25) is 0 Å². The fraction of sp³-hybridized carbons (Fsp3) is 0.500. The number of sulfonamides is 1. The summed E-state index contributed by atoms with van der Waals surface area (Å²) in [6.07, 6.45) is 5.05. The molecule has 8 nitrogen and oxygen atoms in total. The molecule has 2 heterocycles. The van der Waals surface area contributed by atoms with Gasteiger partial charge in [-0.15, -0.1) is 0 Å². The monoisotopic (exact) mass is 409 g/mol. The summed E-state index contributed by atoms with van der Waals surface area (Å²) in [4.78, 5) is 14.3. The van der Waals surface area contributed by atoms with Crippen LogP contribution in [0, 0.1) is 5.82 Å². The van der Waals surface area contributed by atoms with Gasteiger partial charge in [-0.05, 0) is 49.9 Å². The Morgan fingerprint density at radius 3 is 2.61 bits per heavy atom. The predicted molar refractivity (Wildman–Crippen MR) is 100 cm³/mol. The predicted octanol–water partition coefficient (Wildman–Crippen LogP) is 1.58. The molecule has 2 aromatic rings. The maximum atomic E-state index is 13.1. The molecule has 1 aromatic carbocycles. The van der Waals surface area contributed by atoms with Crippen LogP contribution in [0.25, 0.3) is 0 Å². The molecule has 0 saturated carbocycles. The summed E-state index contributed by atoms with van der Waals surface area (Å²) >= 11 is 0. The molecule has 0 bridgehead atoms. The number of carbonyl (C=O) groups excluding carboxylic acids is 1. The fourth-order valence-electron chi connectivity index (χ4n) is 3.23. The second-order valence-electron chi connectivity index (χ2n) is 6.76. The smallest absolute Gasteiger partial charge is 0.243 e. The first kappa shape index (κ1) is 20.4. The maximum Gasteiger partial charge on any atom is 0.243 e. The van der Waals surface area contributed by atoms with Crippen molar-refractivity contribution in [3.05, 3.63) is 42.0 Å². The summed E-state index contributed by atoms with van der Waals surface area (Å²) in [5.74, 6) is -0.434. The lowest BCUT2D eigenvalue weighted by atomic mass is 10.1. The Morgan fingerprint density at radius 1 is 1.11 bits per heavy atom. The van der Waals surface area contributed by atoms with E-state index in [0.29, 0.717) is 32.5 Å². The summed E-state index contributed by atoms with van der Waals surface area (Å²) in [6, 6.07) is 4.82. The van der Waals surface area contributed by atoms with Crippen molar-refractivity contribution in [2.24, 2.45) is 0 Å². The van der Waals surface area contributed by atoms with E-state index in [2.05, 4.69) is 15.4 Å². The van der Waals surface area contributed by atoms with Crippen molar-refractivity contribution in [2.75, 3.05) is 26.2 Å². The molecule has 3 rings (SSSR count). The molecule has 0 atom stereocenters. The molecular weight excluding hydrogens is 385 g/mol. The molecular formula is C18H24FN5O3S. The van der Waals surface area contributed by atoms with Crippen molar-refractivity contribution in [3.63, 3.8) is 0 Å². The summed E-state index contributed by atoms with van der Waals surface area (Å²) in [7, 11) is -3.68. The van der Waals surface area contributed by atoms with Crippen LogP contribution < -0.4 is 0 Å². The molecule has 1 aliphatic heterocycles. The van der Waals surface area contributed by atoms with Crippen molar-refractivity contribution >= 4 is 15.9 Å². The van der Waals surface area contributed by atoms with Gasteiger partial charge in [0.1, 0.15) is 5.82 Å². The van der Waals surface area contributed by atoms with E-state index in [-0.39, 0.29) is 17.3 Å². The highest BCUT2D eigenvalue weighted by Gasteiger charge is 2.28. The summed E-state index contributed by atoms with van der Waals surface area (Å²) in [5, 5.41) is 10.3. The number of unbranched alkanes of at least 4 members (excludes halogenated alkanes) is 1. The Kier molecular flexibility index (Phi) is 6.74. The van der Waals surface area contributed by atoms with Gasteiger partial charge in [-0.2, -0.15) is 19.7 Å². The summed E-state index contributed by atoms with van der Waals surface area (Å²) in [6.45, 7) is 1.49. The molecule has 0 spiro atoms. The first-order chi connectivity index (χ1) is 13.5. The number of hydrogen-bond donors (Lipinski definition) is 1. The Bertz CT molecular complexity index is 871. The van der Waals surface area contributed by atoms with Crippen LogP contribution >= 0.6 is 0 Å². The van der Waals surface area contributed by atoms with Gasteiger partial charge < -0.3 is 4.90 Å². The number of halogens is 1. The van der Waals surface area contributed by atoms with Crippen LogP contribution in [0.5, 0.6) is 0 Å². The van der Waals surface area contributed by atoms with E-state index >= 15 is 0 Å². The Balaban J connectivity index is 1.49. The first-order valence-electron chi connectivity index (χ1n) is 9.35. The van der Waals surface area contributed by atoms with Gasteiger partial charge in [-0.25, -0.2) is 12.8 Å². The van der Waals surface area contributed by atoms with Crippen LogP contribution in [0.1, 0.15) is 31.4 Å². The number of nitrogens with one attached hydrogen (secondary N) is 1. The molecule has 1 aromatic heterocycles. The molecule has 152 valence electrons. The highest BCUT2D eigenvalue weighted by Crippen LogP contribution is 2.18. The van der Waals surface area contributed by atoms with E-state index in [1.165, 1.54) is 16.4 Å². The molecule has 28 heavy (non-hydrogen) atoms. The zero-order valence-corrected chi connectivity index (χ0v) is 16.4. The summed E-state index contributed by atoms with van der Waals surface area (Å²) in [5.41, 5.74) is 0.879. The number of aromatic nitrogens is 3.